The summed E-state index contributed by atoms with van der Waals surface area (Å²) in [7, 11) is 0. The van der Waals surface area contributed by atoms with Gasteiger partial charge in [0.2, 0.25) is 0 Å². The van der Waals surface area contributed by atoms with Crippen LogP contribution in [0.4, 0.5) is 0 Å². The molecule has 280 valence electrons. The van der Waals surface area contributed by atoms with Crippen molar-refractivity contribution in [2.75, 3.05) is 0 Å². The zero-order valence-corrected chi connectivity index (χ0v) is 32.9. The van der Waals surface area contributed by atoms with Crippen LogP contribution in [0.3, 0.4) is 0 Å². The summed E-state index contributed by atoms with van der Waals surface area (Å²) in [4.78, 5) is 20.5. The van der Waals surface area contributed by atoms with Crippen LogP contribution in [0.25, 0.3) is 121 Å². The predicted octanol–water partition coefficient (Wildman–Crippen LogP) is 14.7. The quantitative estimate of drug-likeness (QED) is 0.168. The van der Waals surface area contributed by atoms with Gasteiger partial charge in [-0.25, -0.2) is 19.9 Å². The molecule has 0 saturated heterocycles. The van der Waals surface area contributed by atoms with Gasteiger partial charge in [0, 0.05) is 64.1 Å². The summed E-state index contributed by atoms with van der Waals surface area (Å²) in [5, 5.41) is 5.69. The van der Waals surface area contributed by atoms with Crippen LogP contribution in [-0.2, 0) is 0 Å². The van der Waals surface area contributed by atoms with Crippen molar-refractivity contribution in [2.45, 2.75) is 0 Å². The van der Waals surface area contributed by atoms with Gasteiger partial charge in [-0.1, -0.05) is 176 Å². The van der Waals surface area contributed by atoms with Crippen LogP contribution in [0.15, 0.2) is 199 Å². The van der Waals surface area contributed by atoms with E-state index in [0.29, 0.717) is 17.5 Å². The van der Waals surface area contributed by atoms with E-state index in [2.05, 4.69) is 146 Å². The topological polar surface area (TPSA) is 64.7 Å². The van der Waals surface area contributed by atoms with Crippen LogP contribution in [0.1, 0.15) is 0 Å². The molecular weight excluding hydrogens is 753 g/mol. The standard InChI is InChI=1S/C54H32N4OS/c1-3-13-33(14-4-1)34-25-29-37(30-26-34)53-56-52(36-15-5-2-6-16-36)57-54(58-53)38-31-27-35(28-32-38)49-48-43-18-8-10-24-46(43)60-51(48)47-40(19-12-22-44(47)55-49)42-21-11-20-41-39-17-7-9-23-45(39)59-50(41)42/h1-32H. The van der Waals surface area contributed by atoms with Gasteiger partial charge in [-0.15, -0.1) is 11.3 Å². The molecule has 4 aromatic heterocycles. The Morgan fingerprint density at radius 1 is 0.350 bits per heavy atom. The van der Waals surface area contributed by atoms with E-state index in [4.69, 9.17) is 24.4 Å². The molecule has 0 fully saturated rings. The summed E-state index contributed by atoms with van der Waals surface area (Å²) in [6.07, 6.45) is 0. The van der Waals surface area contributed by atoms with Gasteiger partial charge in [-0.2, -0.15) is 0 Å². The van der Waals surface area contributed by atoms with Gasteiger partial charge < -0.3 is 4.42 Å². The van der Waals surface area contributed by atoms with E-state index in [0.717, 1.165) is 82.9 Å². The van der Waals surface area contributed by atoms with Gasteiger partial charge in [-0.05, 0) is 34.9 Å². The highest BCUT2D eigenvalue weighted by atomic mass is 32.1. The first-order chi connectivity index (χ1) is 29.7. The number of hydrogen-bond acceptors (Lipinski definition) is 6. The zero-order chi connectivity index (χ0) is 39.6. The average Bonchev–Trinajstić information content (AvgIpc) is 3.91. The van der Waals surface area contributed by atoms with Gasteiger partial charge >= 0.3 is 0 Å². The second kappa shape index (κ2) is 13.9. The molecule has 0 saturated carbocycles. The maximum atomic E-state index is 6.55. The molecule has 4 heterocycles. The second-order valence-corrected chi connectivity index (χ2v) is 16.0. The van der Waals surface area contributed by atoms with Crippen molar-refractivity contribution in [3.63, 3.8) is 0 Å². The highest BCUT2D eigenvalue weighted by Crippen LogP contribution is 2.47. The first kappa shape index (κ1) is 34.3. The Morgan fingerprint density at radius 2 is 0.867 bits per heavy atom. The summed E-state index contributed by atoms with van der Waals surface area (Å²) >= 11 is 1.82. The third-order valence-electron chi connectivity index (χ3n) is 11.4. The molecule has 0 amide bonds. The molecule has 0 aliphatic carbocycles. The second-order valence-electron chi connectivity index (χ2n) is 14.9. The summed E-state index contributed by atoms with van der Waals surface area (Å²) in [5.74, 6) is 1.86. The average molecular weight is 785 g/mol. The van der Waals surface area contributed by atoms with Gasteiger partial charge in [-0.3, -0.25) is 0 Å². The van der Waals surface area contributed by atoms with E-state index < -0.39 is 0 Å². The molecule has 8 aromatic carbocycles. The lowest BCUT2D eigenvalue weighted by atomic mass is 9.95. The highest BCUT2D eigenvalue weighted by molar-refractivity contribution is 7.26. The van der Waals surface area contributed by atoms with Crippen molar-refractivity contribution < 1.29 is 4.42 Å². The number of fused-ring (bicyclic) bond motifs is 8. The largest absolute Gasteiger partial charge is 0.455 e. The number of furan rings is 1. The van der Waals surface area contributed by atoms with Crippen molar-refractivity contribution in [3.8, 4) is 67.7 Å². The predicted molar refractivity (Wildman–Crippen MR) is 248 cm³/mol. The number of pyridine rings is 1. The number of aromatic nitrogens is 4. The molecule has 0 bridgehead atoms. The highest BCUT2D eigenvalue weighted by Gasteiger charge is 2.21. The van der Waals surface area contributed by atoms with E-state index in [1.54, 1.807) is 0 Å². The smallest absolute Gasteiger partial charge is 0.164 e. The summed E-state index contributed by atoms with van der Waals surface area (Å²) in [6, 6.07) is 67.2. The van der Waals surface area contributed by atoms with Crippen molar-refractivity contribution in [3.05, 3.63) is 194 Å². The molecule has 0 radical (unpaired) electrons. The van der Waals surface area contributed by atoms with E-state index in [-0.39, 0.29) is 0 Å². The zero-order valence-electron chi connectivity index (χ0n) is 32.1. The minimum Gasteiger partial charge on any atom is -0.455 e. The lowest BCUT2D eigenvalue weighted by Gasteiger charge is -2.12. The third-order valence-corrected chi connectivity index (χ3v) is 12.6. The van der Waals surface area contributed by atoms with Gasteiger partial charge in [0.25, 0.3) is 0 Å². The van der Waals surface area contributed by atoms with Crippen LogP contribution in [0.2, 0.25) is 0 Å². The van der Waals surface area contributed by atoms with Gasteiger partial charge in [0.05, 0.1) is 11.2 Å². The Labute approximate surface area is 348 Å². The Bertz CT molecular complexity index is 3580. The fourth-order valence-corrected chi connectivity index (χ4v) is 9.74. The SMILES string of the molecule is c1ccc(-c2ccc(-c3nc(-c4ccccc4)nc(-c4ccc(-c5nc6cccc(-c7cccc8c7oc7ccccc78)c6c6sc7ccccc7c56)cc4)n3)cc2)cc1. The Hall–Kier alpha value is -7.80. The molecule has 60 heavy (non-hydrogen) atoms. The Kier molecular flexibility index (Phi) is 7.96. The van der Waals surface area contributed by atoms with Gasteiger partial charge in [0.15, 0.2) is 17.5 Å². The van der Waals surface area contributed by atoms with Crippen molar-refractivity contribution in [2.24, 2.45) is 0 Å². The maximum Gasteiger partial charge on any atom is 0.164 e. The van der Waals surface area contributed by atoms with Crippen LogP contribution in [-0.4, -0.2) is 19.9 Å². The number of hydrogen-bond donors (Lipinski definition) is 0. The Balaban J connectivity index is 0.998. The van der Waals surface area contributed by atoms with Gasteiger partial charge in [0.1, 0.15) is 11.2 Å². The molecular formula is C54H32N4OS. The van der Waals surface area contributed by atoms with E-state index in [1.807, 2.05) is 59.9 Å². The van der Waals surface area contributed by atoms with Crippen LogP contribution in [0, 0.1) is 0 Å². The van der Waals surface area contributed by atoms with Crippen molar-refractivity contribution >= 4 is 64.4 Å². The van der Waals surface area contributed by atoms with E-state index in [1.165, 1.54) is 20.3 Å². The van der Waals surface area contributed by atoms with Crippen LogP contribution >= 0.6 is 11.3 Å². The molecule has 6 heteroatoms. The lowest BCUT2D eigenvalue weighted by molar-refractivity contribution is 0.670. The summed E-state index contributed by atoms with van der Waals surface area (Å²) < 4.78 is 8.98. The molecule has 0 atom stereocenters. The fraction of sp³-hybridized carbons (Fsp3) is 0. The minimum absolute atomic E-state index is 0.611. The van der Waals surface area contributed by atoms with E-state index in [9.17, 15) is 0 Å². The number of rotatable bonds is 6. The summed E-state index contributed by atoms with van der Waals surface area (Å²) in [5.41, 5.74) is 11.9. The molecule has 0 N–H and O–H groups in total. The Morgan fingerprint density at radius 3 is 1.58 bits per heavy atom. The molecule has 0 aliphatic heterocycles. The number of para-hydroxylation sites is 2. The molecule has 0 spiro atoms. The van der Waals surface area contributed by atoms with Crippen molar-refractivity contribution in [1.29, 1.82) is 0 Å². The van der Waals surface area contributed by atoms with Crippen LogP contribution < -0.4 is 0 Å². The molecule has 0 aliphatic rings. The fourth-order valence-electron chi connectivity index (χ4n) is 8.47. The number of benzene rings is 8. The summed E-state index contributed by atoms with van der Waals surface area (Å²) in [6.45, 7) is 0. The first-order valence-electron chi connectivity index (χ1n) is 20.0. The van der Waals surface area contributed by atoms with Crippen molar-refractivity contribution in [1.82, 2.24) is 19.9 Å². The normalized spacial score (nSPS) is 11.7. The third kappa shape index (κ3) is 5.69. The molecule has 5 nitrogen and oxygen atoms in total. The monoisotopic (exact) mass is 784 g/mol. The van der Waals surface area contributed by atoms with Crippen LogP contribution in [0.5, 0.6) is 0 Å². The maximum absolute atomic E-state index is 6.55. The molecule has 12 aromatic rings. The number of thiophene rings is 1. The molecule has 12 rings (SSSR count). The number of nitrogens with zero attached hydrogens (tertiary/aromatic N) is 4. The lowest BCUT2D eigenvalue weighted by Crippen LogP contribution is -2.00. The minimum atomic E-state index is 0.611. The first-order valence-corrected chi connectivity index (χ1v) is 20.8. The molecule has 0 unspecified atom stereocenters. The van der Waals surface area contributed by atoms with E-state index >= 15 is 0 Å².